The van der Waals surface area contributed by atoms with E-state index in [4.69, 9.17) is 0 Å². The lowest BCUT2D eigenvalue weighted by Gasteiger charge is -2.26. The first kappa shape index (κ1) is 64.8. The molecule has 0 aromatic carbocycles. The van der Waals surface area contributed by atoms with Gasteiger partial charge in [-0.2, -0.15) is 0 Å². The van der Waals surface area contributed by atoms with Crippen molar-refractivity contribution in [3.8, 4) is 0 Å². The molecule has 0 aliphatic rings. The number of hydrogen-bond donors (Lipinski definition) is 4. The average Bonchev–Trinajstić information content (AvgIpc) is 3.32. The Kier molecular flexibility index (Phi) is 55.4. The van der Waals surface area contributed by atoms with E-state index in [9.17, 15) is 20.1 Å². The third-order valence-electron chi connectivity index (χ3n) is 14.3. The quantitative estimate of drug-likeness (QED) is 0.0361. The van der Waals surface area contributed by atoms with E-state index in [0.29, 0.717) is 12.8 Å². The van der Waals surface area contributed by atoms with Gasteiger partial charge >= 0.3 is 0 Å². The lowest BCUT2D eigenvalue weighted by molar-refractivity contribution is -0.124. The maximum absolute atomic E-state index is 12.5. The van der Waals surface area contributed by atoms with Crippen LogP contribution in [0.2, 0.25) is 0 Å². The van der Waals surface area contributed by atoms with Crippen molar-refractivity contribution < 1.29 is 20.1 Å². The van der Waals surface area contributed by atoms with Crippen molar-refractivity contribution in [2.45, 2.75) is 353 Å². The number of unbranched alkanes of at least 4 members (excludes halogenated alkanes) is 44. The predicted molar refractivity (Wildman–Crippen MR) is 292 cm³/mol. The van der Waals surface area contributed by atoms with Crippen LogP contribution in [-0.4, -0.2) is 46.1 Å². The molecule has 4 N–H and O–H groups in total. The normalized spacial score (nSPS) is 13.3. The molecule has 5 nitrogen and oxygen atoms in total. The molecule has 0 radical (unpaired) electrons. The van der Waals surface area contributed by atoms with Crippen molar-refractivity contribution in [2.24, 2.45) is 0 Å². The summed E-state index contributed by atoms with van der Waals surface area (Å²) in [6.45, 7) is 4.21. The Morgan fingerprint density at radius 3 is 0.924 bits per heavy atom. The molecule has 1 amide bonds. The Labute approximate surface area is 413 Å². The average molecular weight is 931 g/mol. The molecule has 0 aromatic rings. The molecule has 0 heterocycles. The lowest BCUT2D eigenvalue weighted by atomic mass is 10.0. The molecule has 0 saturated heterocycles. The number of hydrogen-bond acceptors (Lipinski definition) is 4. The summed E-state index contributed by atoms with van der Waals surface area (Å²) in [5.74, 6) is -0.151. The molecule has 0 rings (SSSR count). The zero-order valence-corrected chi connectivity index (χ0v) is 44.9. The first-order valence-electron chi connectivity index (χ1n) is 30.1. The zero-order valence-electron chi connectivity index (χ0n) is 44.9. The molecule has 66 heavy (non-hydrogen) atoms. The highest BCUT2D eigenvalue weighted by Crippen LogP contribution is 2.18. The maximum atomic E-state index is 12.5. The number of nitrogens with one attached hydrogen (secondary N) is 1. The first-order valence-corrected chi connectivity index (χ1v) is 30.1. The van der Waals surface area contributed by atoms with Gasteiger partial charge in [-0.25, -0.2) is 0 Å². The third-order valence-corrected chi connectivity index (χ3v) is 14.3. The van der Waals surface area contributed by atoms with Gasteiger partial charge in [-0.1, -0.05) is 301 Å². The van der Waals surface area contributed by atoms with E-state index in [1.807, 2.05) is 0 Å². The minimum Gasteiger partial charge on any atom is -0.394 e. The topological polar surface area (TPSA) is 89.8 Å². The number of aliphatic hydroxyl groups excluding tert-OH is 3. The highest BCUT2D eigenvalue weighted by Gasteiger charge is 2.26. The number of amides is 1. The molecule has 392 valence electrons. The summed E-state index contributed by atoms with van der Waals surface area (Å²) in [5.41, 5.74) is 0. The van der Waals surface area contributed by atoms with Crippen LogP contribution in [-0.2, 0) is 4.79 Å². The Morgan fingerprint density at radius 1 is 0.364 bits per heavy atom. The Balaban J connectivity index is 3.52. The van der Waals surface area contributed by atoms with Crippen molar-refractivity contribution in [1.29, 1.82) is 0 Å². The maximum Gasteiger partial charge on any atom is 0.220 e. The Morgan fingerprint density at radius 2 is 0.621 bits per heavy atom. The van der Waals surface area contributed by atoms with Crippen LogP contribution in [0, 0.1) is 0 Å². The molecule has 3 atom stereocenters. The SMILES string of the molecule is CCCCCCCCCCCCCC/C=C/CC/C=C/CCCC(O)C(O)C(CO)NC(=O)CCCCCCCCCCCCCCCCCCCCCCCCCCCCCCCCC. The van der Waals surface area contributed by atoms with Crippen molar-refractivity contribution in [2.75, 3.05) is 6.61 Å². The van der Waals surface area contributed by atoms with Gasteiger partial charge in [0.2, 0.25) is 5.91 Å². The smallest absolute Gasteiger partial charge is 0.220 e. The molecule has 0 fully saturated rings. The number of carbonyl (C=O) groups is 1. The van der Waals surface area contributed by atoms with Crippen LogP contribution in [0.5, 0.6) is 0 Å². The van der Waals surface area contributed by atoms with Crippen molar-refractivity contribution in [1.82, 2.24) is 5.32 Å². The van der Waals surface area contributed by atoms with Crippen molar-refractivity contribution >= 4 is 5.91 Å². The van der Waals surface area contributed by atoms with Crippen LogP contribution < -0.4 is 5.32 Å². The predicted octanol–water partition coefficient (Wildman–Crippen LogP) is 18.8. The van der Waals surface area contributed by atoms with E-state index < -0.39 is 18.2 Å². The highest BCUT2D eigenvalue weighted by molar-refractivity contribution is 5.76. The second-order valence-corrected chi connectivity index (χ2v) is 20.9. The molecular formula is C61H119NO4. The number of rotatable bonds is 56. The molecule has 0 spiro atoms. The van der Waals surface area contributed by atoms with Gasteiger partial charge in [-0.05, 0) is 51.4 Å². The monoisotopic (exact) mass is 930 g/mol. The standard InChI is InChI=1S/C61H119NO4/c1-3-5-7-9-11-13-15-17-19-21-23-25-26-27-28-29-30-31-32-33-34-36-38-40-42-44-46-48-50-52-54-56-60(65)62-58(57-63)61(66)59(64)55-53-51-49-47-45-43-41-39-37-35-24-22-20-18-16-14-12-10-8-6-4-2/h39,41,47,49,58-59,61,63-64,66H,3-38,40,42-46,48,50-57H2,1-2H3,(H,62,65)/b41-39+,49-47+. The summed E-state index contributed by atoms with van der Waals surface area (Å²) in [7, 11) is 0. The van der Waals surface area contributed by atoms with Gasteiger partial charge in [-0.3, -0.25) is 4.79 Å². The zero-order chi connectivity index (χ0) is 47.9. The fraction of sp³-hybridized carbons (Fsp3) is 0.918. The van der Waals surface area contributed by atoms with Crippen molar-refractivity contribution in [3.63, 3.8) is 0 Å². The molecule has 0 aliphatic heterocycles. The number of allylic oxidation sites excluding steroid dienone is 4. The molecule has 0 aliphatic carbocycles. The van der Waals surface area contributed by atoms with Gasteiger partial charge in [0.05, 0.1) is 18.8 Å². The fourth-order valence-corrected chi connectivity index (χ4v) is 9.65. The van der Waals surface area contributed by atoms with Gasteiger partial charge in [0.1, 0.15) is 6.10 Å². The van der Waals surface area contributed by atoms with E-state index in [0.717, 1.165) is 44.9 Å². The summed E-state index contributed by atoms with van der Waals surface area (Å²) >= 11 is 0. The van der Waals surface area contributed by atoms with Gasteiger partial charge in [0.15, 0.2) is 0 Å². The highest BCUT2D eigenvalue weighted by atomic mass is 16.3. The molecular weight excluding hydrogens is 811 g/mol. The largest absolute Gasteiger partial charge is 0.394 e. The second kappa shape index (κ2) is 56.4. The number of carbonyl (C=O) groups excluding carboxylic acids is 1. The summed E-state index contributed by atoms with van der Waals surface area (Å²) in [6.07, 6.45) is 72.2. The van der Waals surface area contributed by atoms with Crippen LogP contribution >= 0.6 is 0 Å². The van der Waals surface area contributed by atoms with Crippen molar-refractivity contribution in [3.05, 3.63) is 24.3 Å². The van der Waals surface area contributed by atoms with Crippen LogP contribution in [0.3, 0.4) is 0 Å². The molecule has 0 aromatic heterocycles. The van der Waals surface area contributed by atoms with E-state index in [1.54, 1.807) is 0 Å². The van der Waals surface area contributed by atoms with Gasteiger partial charge < -0.3 is 20.6 Å². The van der Waals surface area contributed by atoms with E-state index in [2.05, 4.69) is 43.5 Å². The van der Waals surface area contributed by atoms with Gasteiger partial charge in [0.25, 0.3) is 0 Å². The Bertz CT molecular complexity index is 982. The minimum absolute atomic E-state index is 0.151. The van der Waals surface area contributed by atoms with Crippen LogP contribution in [0.1, 0.15) is 335 Å². The first-order chi connectivity index (χ1) is 32.6. The fourth-order valence-electron chi connectivity index (χ4n) is 9.65. The summed E-state index contributed by atoms with van der Waals surface area (Å²) in [4.78, 5) is 12.5. The van der Waals surface area contributed by atoms with E-state index >= 15 is 0 Å². The number of aliphatic hydroxyl groups is 3. The summed E-state index contributed by atoms with van der Waals surface area (Å²) < 4.78 is 0. The van der Waals surface area contributed by atoms with E-state index in [-0.39, 0.29) is 12.5 Å². The molecule has 0 bridgehead atoms. The van der Waals surface area contributed by atoms with Gasteiger partial charge in [-0.15, -0.1) is 0 Å². The molecule has 0 saturated carbocycles. The van der Waals surface area contributed by atoms with Gasteiger partial charge in [0, 0.05) is 6.42 Å². The van der Waals surface area contributed by atoms with Crippen LogP contribution in [0.4, 0.5) is 0 Å². The molecule has 3 unspecified atom stereocenters. The third kappa shape index (κ3) is 50.7. The summed E-state index contributed by atoms with van der Waals surface area (Å²) in [6, 6.07) is -0.830. The lowest BCUT2D eigenvalue weighted by Crippen LogP contribution is -2.50. The minimum atomic E-state index is -1.17. The molecule has 5 heteroatoms. The summed E-state index contributed by atoms with van der Waals surface area (Å²) in [5, 5.41) is 33.8. The second-order valence-electron chi connectivity index (χ2n) is 20.9. The van der Waals surface area contributed by atoms with Crippen LogP contribution in [0.15, 0.2) is 24.3 Å². The van der Waals surface area contributed by atoms with Crippen LogP contribution in [0.25, 0.3) is 0 Å². The van der Waals surface area contributed by atoms with E-state index in [1.165, 1.54) is 263 Å². The Hall–Kier alpha value is -1.17.